The number of methoxy groups -OCH3 is 1. The maximum atomic E-state index is 12.6. The number of nitrogens with zero attached hydrogens (tertiary/aromatic N) is 1. The Morgan fingerprint density at radius 1 is 1.35 bits per heavy atom. The van der Waals surface area contributed by atoms with Crippen LogP contribution in [0.5, 0.6) is 0 Å². The first kappa shape index (κ1) is 17.9. The van der Waals surface area contributed by atoms with E-state index in [1.807, 2.05) is 6.92 Å². The van der Waals surface area contributed by atoms with E-state index in [-0.39, 0.29) is 24.0 Å². The highest BCUT2D eigenvalue weighted by Crippen LogP contribution is 2.17. The molecular formula is C15H23N3O4S. The summed E-state index contributed by atoms with van der Waals surface area (Å²) in [6.45, 7) is 5.04. The molecule has 0 atom stereocenters. The van der Waals surface area contributed by atoms with Crippen LogP contribution in [-0.4, -0.2) is 65.7 Å². The number of aryl methyl sites for hydroxylation is 1. The molecule has 0 bridgehead atoms. The summed E-state index contributed by atoms with van der Waals surface area (Å²) in [6, 6.07) is 4.63. The van der Waals surface area contributed by atoms with Gasteiger partial charge in [0.1, 0.15) is 0 Å². The molecule has 128 valence electrons. The van der Waals surface area contributed by atoms with Crippen molar-refractivity contribution < 1.29 is 17.9 Å². The van der Waals surface area contributed by atoms with E-state index in [1.54, 1.807) is 11.0 Å². The number of hydrogen-bond acceptors (Lipinski definition) is 5. The summed E-state index contributed by atoms with van der Waals surface area (Å²) in [5.74, 6) is -0.127. The lowest BCUT2D eigenvalue weighted by atomic mass is 10.1. The van der Waals surface area contributed by atoms with Gasteiger partial charge in [-0.25, -0.2) is 13.1 Å². The number of carbonyl (C=O) groups is 1. The molecule has 0 aliphatic carbocycles. The summed E-state index contributed by atoms with van der Waals surface area (Å²) >= 11 is 0. The van der Waals surface area contributed by atoms with Gasteiger partial charge in [0.15, 0.2) is 0 Å². The number of hydrogen-bond donors (Lipinski definition) is 2. The number of amides is 1. The first-order valence-corrected chi connectivity index (χ1v) is 9.03. The molecule has 1 fully saturated rings. The Balaban J connectivity index is 2.22. The molecule has 1 heterocycles. The zero-order valence-electron chi connectivity index (χ0n) is 13.5. The van der Waals surface area contributed by atoms with E-state index in [1.165, 1.54) is 19.2 Å². The van der Waals surface area contributed by atoms with Crippen molar-refractivity contribution in [3.8, 4) is 0 Å². The SMILES string of the molecule is COCCNS(=O)(=O)c1ccc(C)c(C(=O)N2CCNCC2)c1. The minimum atomic E-state index is -3.65. The minimum Gasteiger partial charge on any atom is -0.383 e. The van der Waals surface area contributed by atoms with E-state index in [0.717, 1.165) is 18.7 Å². The number of carbonyl (C=O) groups excluding carboxylic acids is 1. The molecule has 2 rings (SSSR count). The maximum absolute atomic E-state index is 12.6. The first-order valence-electron chi connectivity index (χ1n) is 7.55. The summed E-state index contributed by atoms with van der Waals surface area (Å²) in [7, 11) is -2.14. The van der Waals surface area contributed by atoms with Gasteiger partial charge in [0.25, 0.3) is 5.91 Å². The topological polar surface area (TPSA) is 87.7 Å². The second kappa shape index (κ2) is 7.87. The normalized spacial score (nSPS) is 15.7. The molecule has 1 aromatic rings. The van der Waals surface area contributed by atoms with Gasteiger partial charge in [-0.1, -0.05) is 6.07 Å². The van der Waals surface area contributed by atoms with E-state index in [4.69, 9.17) is 4.74 Å². The fraction of sp³-hybridized carbons (Fsp3) is 0.533. The zero-order valence-corrected chi connectivity index (χ0v) is 14.3. The predicted octanol–water partition coefficient (Wildman–Crippen LogP) is -0.0349. The van der Waals surface area contributed by atoms with Gasteiger partial charge in [-0.15, -0.1) is 0 Å². The summed E-state index contributed by atoms with van der Waals surface area (Å²) in [4.78, 5) is 14.5. The fourth-order valence-corrected chi connectivity index (χ4v) is 3.44. The molecule has 8 heteroatoms. The Morgan fingerprint density at radius 3 is 2.70 bits per heavy atom. The lowest BCUT2D eigenvalue weighted by Gasteiger charge is -2.28. The number of sulfonamides is 1. The van der Waals surface area contributed by atoms with E-state index < -0.39 is 10.0 Å². The van der Waals surface area contributed by atoms with E-state index in [0.29, 0.717) is 18.7 Å². The van der Waals surface area contributed by atoms with Crippen LogP contribution in [0.25, 0.3) is 0 Å². The zero-order chi connectivity index (χ0) is 16.9. The third-order valence-electron chi connectivity index (χ3n) is 3.75. The largest absolute Gasteiger partial charge is 0.383 e. The smallest absolute Gasteiger partial charge is 0.254 e. The van der Waals surface area contributed by atoms with Crippen LogP contribution in [0.4, 0.5) is 0 Å². The van der Waals surface area contributed by atoms with E-state index in [9.17, 15) is 13.2 Å². The number of piperazine rings is 1. The third kappa shape index (κ3) is 4.51. The molecule has 0 aromatic heterocycles. The molecule has 0 spiro atoms. The molecule has 23 heavy (non-hydrogen) atoms. The Bertz CT molecular complexity index is 655. The van der Waals surface area contributed by atoms with Crippen molar-refractivity contribution in [3.05, 3.63) is 29.3 Å². The summed E-state index contributed by atoms with van der Waals surface area (Å²) in [6.07, 6.45) is 0. The lowest BCUT2D eigenvalue weighted by molar-refractivity contribution is 0.0735. The summed E-state index contributed by atoms with van der Waals surface area (Å²) < 4.78 is 31.8. The molecule has 0 radical (unpaired) electrons. The van der Waals surface area contributed by atoms with Crippen LogP contribution < -0.4 is 10.0 Å². The molecular weight excluding hydrogens is 318 g/mol. The molecule has 7 nitrogen and oxygen atoms in total. The average Bonchev–Trinajstić information content (AvgIpc) is 2.55. The quantitative estimate of drug-likeness (QED) is 0.709. The van der Waals surface area contributed by atoms with Gasteiger partial charge >= 0.3 is 0 Å². The molecule has 1 aliphatic rings. The molecule has 1 aliphatic heterocycles. The molecule has 0 unspecified atom stereocenters. The van der Waals surface area contributed by atoms with Crippen molar-refractivity contribution in [1.82, 2.24) is 14.9 Å². The highest BCUT2D eigenvalue weighted by Gasteiger charge is 2.22. The standard InChI is InChI=1S/C15H23N3O4S/c1-12-3-4-13(23(20,21)17-7-10-22-2)11-14(12)15(19)18-8-5-16-6-9-18/h3-4,11,16-17H,5-10H2,1-2H3. The van der Waals surface area contributed by atoms with Crippen molar-refractivity contribution in [2.45, 2.75) is 11.8 Å². The van der Waals surface area contributed by atoms with Crippen LogP contribution in [-0.2, 0) is 14.8 Å². The van der Waals surface area contributed by atoms with E-state index >= 15 is 0 Å². The third-order valence-corrected chi connectivity index (χ3v) is 5.21. The summed E-state index contributed by atoms with van der Waals surface area (Å²) in [5.41, 5.74) is 1.20. The van der Waals surface area contributed by atoms with Gasteiger partial charge in [0.2, 0.25) is 10.0 Å². The van der Waals surface area contributed by atoms with Crippen LogP contribution in [0.1, 0.15) is 15.9 Å². The van der Waals surface area contributed by atoms with Crippen molar-refractivity contribution >= 4 is 15.9 Å². The molecule has 1 aromatic carbocycles. The fourth-order valence-electron chi connectivity index (χ4n) is 2.40. The van der Waals surface area contributed by atoms with Gasteiger partial charge in [-0.3, -0.25) is 4.79 Å². The monoisotopic (exact) mass is 341 g/mol. The van der Waals surface area contributed by atoms with Crippen LogP contribution in [0.15, 0.2) is 23.1 Å². The lowest BCUT2D eigenvalue weighted by Crippen LogP contribution is -2.46. The van der Waals surface area contributed by atoms with Crippen molar-refractivity contribution in [3.63, 3.8) is 0 Å². The van der Waals surface area contributed by atoms with Crippen LogP contribution >= 0.6 is 0 Å². The van der Waals surface area contributed by atoms with Crippen LogP contribution in [0, 0.1) is 6.92 Å². The van der Waals surface area contributed by atoms with Crippen LogP contribution in [0.2, 0.25) is 0 Å². The Morgan fingerprint density at radius 2 is 2.04 bits per heavy atom. The molecule has 0 saturated carbocycles. The van der Waals surface area contributed by atoms with Gasteiger partial charge in [-0.05, 0) is 24.6 Å². The number of nitrogens with one attached hydrogen (secondary N) is 2. The average molecular weight is 341 g/mol. The Kier molecular flexibility index (Phi) is 6.11. The molecule has 2 N–H and O–H groups in total. The maximum Gasteiger partial charge on any atom is 0.254 e. The van der Waals surface area contributed by atoms with Gasteiger partial charge in [0, 0.05) is 45.4 Å². The summed E-state index contributed by atoms with van der Waals surface area (Å²) in [5, 5.41) is 3.19. The second-order valence-corrected chi connectivity index (χ2v) is 7.18. The van der Waals surface area contributed by atoms with Crippen molar-refractivity contribution in [1.29, 1.82) is 0 Å². The highest BCUT2D eigenvalue weighted by molar-refractivity contribution is 7.89. The molecule has 1 amide bonds. The predicted molar refractivity (Wildman–Crippen MR) is 87.0 cm³/mol. The number of rotatable bonds is 6. The van der Waals surface area contributed by atoms with Gasteiger partial charge in [0.05, 0.1) is 11.5 Å². The molecule has 1 saturated heterocycles. The first-order chi connectivity index (χ1) is 11.0. The van der Waals surface area contributed by atoms with Crippen LogP contribution in [0.3, 0.4) is 0 Å². The number of ether oxygens (including phenoxy) is 1. The highest BCUT2D eigenvalue weighted by atomic mass is 32.2. The van der Waals surface area contributed by atoms with E-state index in [2.05, 4.69) is 10.0 Å². The second-order valence-electron chi connectivity index (χ2n) is 5.41. The van der Waals surface area contributed by atoms with Gasteiger partial charge < -0.3 is 15.0 Å². The number of benzene rings is 1. The van der Waals surface area contributed by atoms with Crippen molar-refractivity contribution in [2.75, 3.05) is 46.4 Å². The van der Waals surface area contributed by atoms with Crippen molar-refractivity contribution in [2.24, 2.45) is 0 Å². The Labute approximate surface area is 137 Å². The minimum absolute atomic E-state index is 0.0951. The Hall–Kier alpha value is -1.48. The van der Waals surface area contributed by atoms with Gasteiger partial charge in [-0.2, -0.15) is 0 Å².